The standard InChI is InChI=1S/C26H20ClFN6O/c27-18-14-17(5-6-19(18)28)34-23(21-3-1-2-10-30-21)26(24(34)35)8-11-33(12-9-26)25-31-20-7-4-16(15-29)13-22(20)32-25/h1-7,10,13-14,23H,8-9,11-12H2,(H,31,32). The van der Waals surface area contributed by atoms with Gasteiger partial charge in [0.2, 0.25) is 11.9 Å². The van der Waals surface area contributed by atoms with Crippen LogP contribution in [0.5, 0.6) is 0 Å². The summed E-state index contributed by atoms with van der Waals surface area (Å²) in [7, 11) is 0. The number of amides is 1. The van der Waals surface area contributed by atoms with Crippen molar-refractivity contribution in [3.8, 4) is 6.07 Å². The number of hydrogen-bond acceptors (Lipinski definition) is 5. The number of halogens is 2. The van der Waals surface area contributed by atoms with Gasteiger partial charge in [-0.3, -0.25) is 9.78 Å². The lowest BCUT2D eigenvalue weighted by molar-refractivity contribution is -0.142. The van der Waals surface area contributed by atoms with E-state index in [0.29, 0.717) is 37.2 Å². The Bertz CT molecular complexity index is 1490. The maximum absolute atomic E-state index is 13.8. The molecule has 1 amide bonds. The number of rotatable bonds is 3. The lowest BCUT2D eigenvalue weighted by atomic mass is 9.63. The van der Waals surface area contributed by atoms with Crippen molar-refractivity contribution in [3.63, 3.8) is 0 Å². The van der Waals surface area contributed by atoms with Crippen LogP contribution >= 0.6 is 11.6 Å². The van der Waals surface area contributed by atoms with Crippen molar-refractivity contribution >= 4 is 40.2 Å². The van der Waals surface area contributed by atoms with Gasteiger partial charge < -0.3 is 14.8 Å². The molecule has 2 aliphatic heterocycles. The lowest BCUT2D eigenvalue weighted by Crippen LogP contribution is -2.67. The second kappa shape index (κ2) is 8.07. The SMILES string of the molecule is N#Cc1ccc2nc(N3CCC4(CC3)C(=O)N(c3ccc(F)c(Cl)c3)C4c3ccccn3)[nH]c2c1. The van der Waals surface area contributed by atoms with Crippen molar-refractivity contribution in [2.75, 3.05) is 22.9 Å². The number of nitrogens with zero attached hydrogens (tertiary/aromatic N) is 5. The number of aromatic amines is 1. The fourth-order valence-corrected chi connectivity index (χ4v) is 5.50. The average molecular weight is 487 g/mol. The molecule has 7 nitrogen and oxygen atoms in total. The Kier molecular flexibility index (Phi) is 4.97. The molecule has 35 heavy (non-hydrogen) atoms. The Morgan fingerprint density at radius 1 is 1.14 bits per heavy atom. The molecule has 1 atom stereocenters. The summed E-state index contributed by atoms with van der Waals surface area (Å²) >= 11 is 6.03. The predicted molar refractivity (Wildman–Crippen MR) is 131 cm³/mol. The molecule has 9 heteroatoms. The number of anilines is 2. The van der Waals surface area contributed by atoms with Crippen LogP contribution in [-0.2, 0) is 4.79 Å². The van der Waals surface area contributed by atoms with Gasteiger partial charge in [0, 0.05) is 25.0 Å². The highest BCUT2D eigenvalue weighted by molar-refractivity contribution is 6.31. The summed E-state index contributed by atoms with van der Waals surface area (Å²) in [6.45, 7) is 1.27. The molecule has 1 N–H and O–H groups in total. The van der Waals surface area contributed by atoms with E-state index in [0.717, 1.165) is 22.7 Å². The minimum absolute atomic E-state index is 0.00116. The zero-order valence-corrected chi connectivity index (χ0v) is 19.3. The summed E-state index contributed by atoms with van der Waals surface area (Å²) in [5.41, 5.74) is 2.94. The first-order chi connectivity index (χ1) is 17.0. The molecular weight excluding hydrogens is 467 g/mol. The van der Waals surface area contributed by atoms with Gasteiger partial charge in [-0.1, -0.05) is 17.7 Å². The van der Waals surface area contributed by atoms with Crippen molar-refractivity contribution in [2.24, 2.45) is 5.41 Å². The van der Waals surface area contributed by atoms with E-state index in [1.54, 1.807) is 29.3 Å². The number of hydrogen-bond donors (Lipinski definition) is 1. The molecule has 1 spiro atoms. The average Bonchev–Trinajstić information content (AvgIpc) is 3.32. The first-order valence-corrected chi connectivity index (χ1v) is 11.7. The maximum atomic E-state index is 13.8. The van der Waals surface area contributed by atoms with Crippen LogP contribution in [0.1, 0.15) is 30.1 Å². The van der Waals surface area contributed by atoms with Crippen molar-refractivity contribution < 1.29 is 9.18 Å². The third-order valence-electron chi connectivity index (χ3n) is 7.13. The number of piperidine rings is 1. The van der Waals surface area contributed by atoms with Gasteiger partial charge in [0.1, 0.15) is 5.82 Å². The van der Waals surface area contributed by atoms with Gasteiger partial charge in [-0.15, -0.1) is 0 Å². The number of pyridine rings is 1. The highest BCUT2D eigenvalue weighted by Gasteiger charge is 2.62. The first-order valence-electron chi connectivity index (χ1n) is 11.3. The molecule has 2 saturated heterocycles. The molecule has 0 aliphatic carbocycles. The van der Waals surface area contributed by atoms with Gasteiger partial charge in [-0.2, -0.15) is 5.26 Å². The quantitative estimate of drug-likeness (QED) is 0.412. The van der Waals surface area contributed by atoms with Crippen molar-refractivity contribution in [1.82, 2.24) is 15.0 Å². The van der Waals surface area contributed by atoms with Gasteiger partial charge in [0.15, 0.2) is 0 Å². The third-order valence-corrected chi connectivity index (χ3v) is 7.42. The number of fused-ring (bicyclic) bond motifs is 1. The van der Waals surface area contributed by atoms with Crippen LogP contribution in [-0.4, -0.2) is 33.9 Å². The summed E-state index contributed by atoms with van der Waals surface area (Å²) in [5.74, 6) is 0.209. The topological polar surface area (TPSA) is 88.9 Å². The number of nitrogens with one attached hydrogen (secondary N) is 1. The molecule has 0 radical (unpaired) electrons. The molecule has 4 heterocycles. The summed E-state index contributed by atoms with van der Waals surface area (Å²) in [5, 5.41) is 9.14. The summed E-state index contributed by atoms with van der Waals surface area (Å²) < 4.78 is 13.8. The molecule has 0 bridgehead atoms. The monoisotopic (exact) mass is 486 g/mol. The zero-order valence-electron chi connectivity index (χ0n) is 18.6. The summed E-state index contributed by atoms with van der Waals surface area (Å²) in [6.07, 6.45) is 2.97. The predicted octanol–water partition coefficient (Wildman–Crippen LogP) is 5.00. The lowest BCUT2D eigenvalue weighted by Gasteiger charge is -2.58. The van der Waals surface area contributed by atoms with Gasteiger partial charge in [-0.05, 0) is 61.4 Å². The van der Waals surface area contributed by atoms with E-state index in [2.05, 4.69) is 25.9 Å². The molecule has 2 fully saturated rings. The fourth-order valence-electron chi connectivity index (χ4n) is 5.33. The van der Waals surface area contributed by atoms with Crippen LogP contribution in [0, 0.1) is 22.6 Å². The van der Waals surface area contributed by atoms with Crippen molar-refractivity contribution in [3.05, 3.63) is 82.9 Å². The number of carbonyl (C=O) groups is 1. The molecule has 0 saturated carbocycles. The molecule has 174 valence electrons. The first kappa shape index (κ1) is 21.6. The number of benzene rings is 2. The molecule has 2 aromatic heterocycles. The smallest absolute Gasteiger partial charge is 0.236 e. The number of H-pyrrole nitrogens is 1. The number of nitriles is 1. The van der Waals surface area contributed by atoms with Gasteiger partial charge in [-0.25, -0.2) is 9.37 Å². The van der Waals surface area contributed by atoms with Crippen LogP contribution in [0.25, 0.3) is 11.0 Å². The van der Waals surface area contributed by atoms with Crippen LogP contribution < -0.4 is 9.80 Å². The Labute approximate surface area is 205 Å². The van der Waals surface area contributed by atoms with Gasteiger partial charge in [0.05, 0.1) is 44.8 Å². The molecule has 2 aliphatic rings. The number of carbonyl (C=O) groups excluding carboxylic acids is 1. The third kappa shape index (κ3) is 3.34. The van der Waals surface area contributed by atoms with Crippen LogP contribution in [0.3, 0.4) is 0 Å². The van der Waals surface area contributed by atoms with E-state index in [1.807, 2.05) is 24.3 Å². The van der Waals surface area contributed by atoms with E-state index in [-0.39, 0.29) is 17.0 Å². The summed E-state index contributed by atoms with van der Waals surface area (Å²) in [6, 6.07) is 17.3. The minimum atomic E-state index is -0.605. The normalized spacial score (nSPS) is 19.1. The second-order valence-corrected chi connectivity index (χ2v) is 9.39. The van der Waals surface area contributed by atoms with Crippen molar-refractivity contribution in [1.29, 1.82) is 5.26 Å². The molecule has 6 rings (SSSR count). The molecule has 2 aromatic carbocycles. The maximum Gasteiger partial charge on any atom is 0.236 e. The second-order valence-electron chi connectivity index (χ2n) is 8.98. The van der Waals surface area contributed by atoms with E-state index in [9.17, 15) is 9.18 Å². The van der Waals surface area contributed by atoms with E-state index in [1.165, 1.54) is 12.1 Å². The largest absolute Gasteiger partial charge is 0.342 e. The van der Waals surface area contributed by atoms with E-state index >= 15 is 0 Å². The Morgan fingerprint density at radius 2 is 1.97 bits per heavy atom. The minimum Gasteiger partial charge on any atom is -0.342 e. The fraction of sp³-hybridized carbons (Fsp3) is 0.231. The van der Waals surface area contributed by atoms with E-state index < -0.39 is 11.2 Å². The molecule has 4 aromatic rings. The Morgan fingerprint density at radius 3 is 2.69 bits per heavy atom. The van der Waals surface area contributed by atoms with E-state index in [4.69, 9.17) is 16.9 Å². The van der Waals surface area contributed by atoms with Crippen LogP contribution in [0.2, 0.25) is 5.02 Å². The Balaban J connectivity index is 1.30. The highest BCUT2D eigenvalue weighted by atomic mass is 35.5. The number of β-lactam (4-membered cyclic amide) rings is 1. The molecular formula is C26H20ClFN6O. The summed E-state index contributed by atoms with van der Waals surface area (Å²) in [4.78, 5) is 30.0. The van der Waals surface area contributed by atoms with Crippen LogP contribution in [0.4, 0.5) is 16.0 Å². The molecule has 1 unspecified atom stereocenters. The number of aromatic nitrogens is 3. The van der Waals surface area contributed by atoms with Gasteiger partial charge in [0.25, 0.3) is 0 Å². The number of imidazole rings is 1. The van der Waals surface area contributed by atoms with Crippen LogP contribution in [0.15, 0.2) is 60.8 Å². The Hall–Kier alpha value is -3.96. The van der Waals surface area contributed by atoms with Crippen molar-refractivity contribution in [2.45, 2.75) is 18.9 Å². The zero-order chi connectivity index (χ0) is 24.2. The van der Waals surface area contributed by atoms with Gasteiger partial charge >= 0.3 is 0 Å². The highest BCUT2D eigenvalue weighted by Crippen LogP contribution is 2.57.